The zero-order chi connectivity index (χ0) is 25.5. The summed E-state index contributed by atoms with van der Waals surface area (Å²) in [5.74, 6) is -1.71. The molecule has 28 heavy (non-hydrogen) atoms. The van der Waals surface area contributed by atoms with Crippen molar-refractivity contribution in [1.82, 2.24) is 15.0 Å². The van der Waals surface area contributed by atoms with Crippen LogP contribution < -0.4 is 14.2 Å². The molecule has 0 aliphatic carbocycles. The highest BCUT2D eigenvalue weighted by atomic mass is 16.5. The van der Waals surface area contributed by atoms with Gasteiger partial charge in [0.25, 0.3) is 0 Å². The molecule has 0 aliphatic heterocycles. The normalized spacial score (nSPS) is 15.4. The number of para-hydroxylation sites is 1. The third-order valence-corrected chi connectivity index (χ3v) is 4.29. The first-order valence-electron chi connectivity index (χ1n) is 11.6. The topological polar surface area (TPSA) is 89.2 Å². The van der Waals surface area contributed by atoms with Gasteiger partial charge in [0.05, 0.1) is 30.8 Å². The fourth-order valence-corrected chi connectivity index (χ4v) is 2.99. The molecule has 0 bridgehead atoms. The van der Waals surface area contributed by atoms with Crippen LogP contribution in [-0.2, 0) is 0 Å². The number of methoxy groups -OCH3 is 3. The van der Waals surface area contributed by atoms with E-state index < -0.39 is 31.4 Å². The number of aromatic nitrogens is 3. The molecule has 0 atom stereocenters. The molecule has 2 aromatic heterocycles. The summed E-state index contributed by atoms with van der Waals surface area (Å²) in [6, 6.07) is 9.56. The maximum Gasteiger partial charge on any atom is 0.213 e. The Labute approximate surface area is 171 Å². The lowest BCUT2D eigenvalue weighted by atomic mass is 10.1. The van der Waals surface area contributed by atoms with E-state index >= 15 is 0 Å². The molecule has 7 heteroatoms. The molecule has 0 amide bonds. The average molecular weight is 384 g/mol. The lowest BCUT2D eigenvalue weighted by Gasteiger charge is -2.13. The maximum atomic E-state index is 13.3. The summed E-state index contributed by atoms with van der Waals surface area (Å²) in [6.45, 7) is 0. The minimum absolute atomic E-state index is 0.213. The van der Waals surface area contributed by atoms with Crippen molar-refractivity contribution < 1.29 is 28.6 Å². The Hall–Kier alpha value is -3.74. The van der Waals surface area contributed by atoms with Gasteiger partial charge in [0.15, 0.2) is 11.5 Å². The molecule has 2 heterocycles. The molecule has 7 nitrogen and oxygen atoms in total. The predicted octanol–water partition coefficient (Wildman–Crippen LogP) is 3.81. The Morgan fingerprint density at radius 2 is 1.86 bits per heavy atom. The number of nitrogens with one attached hydrogen (secondary N) is 2. The van der Waals surface area contributed by atoms with Crippen LogP contribution in [0.1, 0.15) is 25.6 Å². The number of nitrogens with zero attached hydrogens (tertiary/aromatic N) is 1. The van der Waals surface area contributed by atoms with Crippen LogP contribution in [0.25, 0.3) is 22.3 Å². The minimum atomic E-state index is -2.93. The number of hydrogen-bond acceptors (Lipinski definition) is 5. The number of benzene rings is 2. The van der Waals surface area contributed by atoms with Gasteiger partial charge in [0.1, 0.15) is 11.5 Å². The van der Waals surface area contributed by atoms with Crippen LogP contribution in [0.4, 0.5) is 0 Å². The van der Waals surface area contributed by atoms with Crippen LogP contribution in [0.15, 0.2) is 48.8 Å². The second-order valence-electron chi connectivity index (χ2n) is 5.85. The molecule has 142 valence electrons. The number of ketones is 1. The first-order valence-corrected chi connectivity index (χ1v) is 8.14. The summed E-state index contributed by atoms with van der Waals surface area (Å²) in [6.07, 6.45) is 1.40. The summed E-state index contributed by atoms with van der Waals surface area (Å²) in [5.41, 5.74) is 0.997. The third-order valence-electron chi connectivity index (χ3n) is 4.29. The van der Waals surface area contributed by atoms with E-state index in [0.717, 1.165) is 23.0 Å². The highest BCUT2D eigenvalue weighted by molar-refractivity contribution is 6.09. The van der Waals surface area contributed by atoms with Gasteiger partial charge in [0, 0.05) is 34.4 Å². The SMILES string of the molecule is [2H]c1[nH]c(-c2c[nH]c3ccccc23)nc1C(=O)c1cc(OC([2H])([2H])[2H])c(OC)c(OC([2H])([2H])[2H])c1. The van der Waals surface area contributed by atoms with Crippen LogP contribution in [-0.4, -0.2) is 41.9 Å². The molecule has 0 fully saturated rings. The molecule has 2 N–H and O–H groups in total. The lowest BCUT2D eigenvalue weighted by Crippen LogP contribution is -2.04. The van der Waals surface area contributed by atoms with E-state index in [0.29, 0.717) is 5.56 Å². The predicted molar refractivity (Wildman–Crippen MR) is 105 cm³/mol. The average Bonchev–Trinajstić information content (AvgIpc) is 3.34. The van der Waals surface area contributed by atoms with Gasteiger partial charge in [-0.05, 0) is 18.2 Å². The summed E-state index contributed by atoms with van der Waals surface area (Å²) < 4.78 is 67.5. The Kier molecular flexibility index (Phi) is 2.84. The van der Waals surface area contributed by atoms with Gasteiger partial charge in [-0.1, -0.05) is 18.2 Å². The molecule has 0 saturated carbocycles. The zero-order valence-electron chi connectivity index (χ0n) is 21.6. The van der Waals surface area contributed by atoms with Crippen molar-refractivity contribution in [2.24, 2.45) is 0 Å². The molecule has 2 aromatic carbocycles. The fraction of sp³-hybridized carbons (Fsp3) is 0.143. The summed E-state index contributed by atoms with van der Waals surface area (Å²) in [4.78, 5) is 23.4. The Morgan fingerprint density at radius 3 is 2.57 bits per heavy atom. The summed E-state index contributed by atoms with van der Waals surface area (Å²) in [5, 5.41) is 0.825. The Balaban J connectivity index is 1.80. The second kappa shape index (κ2) is 7.11. The van der Waals surface area contributed by atoms with Crippen molar-refractivity contribution in [3.05, 3.63) is 60.0 Å². The second-order valence-corrected chi connectivity index (χ2v) is 5.85. The number of imidazole rings is 1. The number of fused-ring (bicyclic) bond motifs is 1. The molecule has 0 saturated heterocycles. The monoisotopic (exact) mass is 384 g/mol. The molecule has 4 rings (SSSR count). The smallest absolute Gasteiger partial charge is 0.213 e. The van der Waals surface area contributed by atoms with Gasteiger partial charge in [-0.25, -0.2) is 4.98 Å². The van der Waals surface area contributed by atoms with Gasteiger partial charge < -0.3 is 24.2 Å². The fourth-order valence-electron chi connectivity index (χ4n) is 2.99. The standard InChI is InChI=1S/C21H19N3O4/c1-26-17-8-12(9-18(27-2)20(17)28-3)19(25)16-11-23-21(24-16)14-10-22-15-7-5-4-6-13(14)15/h4-11,22H,1-3H3,(H,23,24)/i1D3,2D3,11D. The van der Waals surface area contributed by atoms with E-state index in [1.165, 1.54) is 7.11 Å². The Bertz CT molecular complexity index is 1370. The molecular formula is C21H19N3O4. The van der Waals surface area contributed by atoms with E-state index in [-0.39, 0.29) is 29.0 Å². The van der Waals surface area contributed by atoms with E-state index in [2.05, 4.69) is 15.0 Å². The van der Waals surface area contributed by atoms with Gasteiger partial charge in [-0.15, -0.1) is 0 Å². The molecular weight excluding hydrogens is 358 g/mol. The number of H-pyrrole nitrogens is 2. The van der Waals surface area contributed by atoms with Crippen LogP contribution in [0, 0.1) is 0 Å². The van der Waals surface area contributed by atoms with Gasteiger partial charge in [-0.3, -0.25) is 4.79 Å². The highest BCUT2D eigenvalue weighted by Gasteiger charge is 2.20. The van der Waals surface area contributed by atoms with Crippen molar-refractivity contribution >= 4 is 16.7 Å². The van der Waals surface area contributed by atoms with Crippen LogP contribution in [0.2, 0.25) is 0 Å². The van der Waals surface area contributed by atoms with Gasteiger partial charge in [0.2, 0.25) is 11.5 Å². The first kappa shape index (κ1) is 11.2. The molecule has 0 spiro atoms. The number of rotatable bonds is 6. The van der Waals surface area contributed by atoms with Crippen molar-refractivity contribution in [2.75, 3.05) is 21.2 Å². The highest BCUT2D eigenvalue weighted by Crippen LogP contribution is 2.38. The molecule has 0 aliphatic rings. The van der Waals surface area contributed by atoms with Crippen molar-refractivity contribution in [1.29, 1.82) is 0 Å². The van der Waals surface area contributed by atoms with Crippen LogP contribution >= 0.6 is 0 Å². The zero-order valence-corrected chi connectivity index (χ0v) is 14.6. The van der Waals surface area contributed by atoms with E-state index in [4.69, 9.17) is 23.8 Å². The third kappa shape index (κ3) is 2.87. The summed E-state index contributed by atoms with van der Waals surface area (Å²) >= 11 is 0. The molecule has 0 radical (unpaired) electrons. The van der Waals surface area contributed by atoms with E-state index in [1.54, 1.807) is 6.20 Å². The summed E-state index contributed by atoms with van der Waals surface area (Å²) in [7, 11) is -4.69. The van der Waals surface area contributed by atoms with Crippen molar-refractivity contribution in [3.8, 4) is 28.6 Å². The largest absolute Gasteiger partial charge is 0.493 e. The van der Waals surface area contributed by atoms with Gasteiger partial charge >= 0.3 is 0 Å². The number of ether oxygens (including phenoxy) is 3. The number of carbonyl (C=O) groups excluding carboxylic acids is 1. The van der Waals surface area contributed by atoms with Crippen LogP contribution in [0.3, 0.4) is 0 Å². The first-order chi connectivity index (χ1) is 16.4. The van der Waals surface area contributed by atoms with E-state index in [9.17, 15) is 4.79 Å². The minimum Gasteiger partial charge on any atom is -0.493 e. The number of carbonyl (C=O) groups is 1. The maximum absolute atomic E-state index is 13.3. The molecule has 4 aromatic rings. The van der Waals surface area contributed by atoms with Crippen molar-refractivity contribution in [3.63, 3.8) is 0 Å². The molecule has 0 unspecified atom stereocenters. The number of hydrogen-bond donors (Lipinski definition) is 2. The van der Waals surface area contributed by atoms with Gasteiger partial charge in [-0.2, -0.15) is 0 Å². The Morgan fingerprint density at radius 1 is 1.11 bits per heavy atom. The number of aromatic amines is 2. The van der Waals surface area contributed by atoms with E-state index in [1.807, 2.05) is 24.3 Å². The van der Waals surface area contributed by atoms with Crippen LogP contribution in [0.5, 0.6) is 17.2 Å². The lowest BCUT2D eigenvalue weighted by molar-refractivity contribution is 0.103. The quantitative estimate of drug-likeness (QED) is 0.494. The van der Waals surface area contributed by atoms with Crippen molar-refractivity contribution in [2.45, 2.75) is 0 Å².